The largest absolute Gasteiger partial charge is 0.497 e. The van der Waals surface area contributed by atoms with E-state index in [1.54, 1.807) is 49.4 Å². The number of amides is 4. The molecule has 1 atom stereocenters. The third-order valence-corrected chi connectivity index (χ3v) is 5.24. The highest BCUT2D eigenvalue weighted by Crippen LogP contribution is 2.34. The van der Waals surface area contributed by atoms with E-state index in [-0.39, 0.29) is 0 Å². The van der Waals surface area contributed by atoms with E-state index in [0.717, 1.165) is 4.90 Å². The van der Waals surface area contributed by atoms with Crippen LogP contribution in [0.4, 0.5) is 10.5 Å². The van der Waals surface area contributed by atoms with Crippen LogP contribution in [-0.4, -0.2) is 43.5 Å². The SMILES string of the molecule is CCC1(c2cccc(Cl)c2)NC(=O)N(CC(=O)Nc2cc(OC)ccc2OC)C1=O. The Balaban J connectivity index is 1.81. The van der Waals surface area contributed by atoms with Crippen LogP contribution < -0.4 is 20.1 Å². The Hall–Kier alpha value is -3.26. The highest BCUT2D eigenvalue weighted by atomic mass is 35.5. The van der Waals surface area contributed by atoms with Crippen LogP contribution >= 0.6 is 11.6 Å². The second-order valence-corrected chi connectivity index (χ2v) is 7.14. The summed E-state index contributed by atoms with van der Waals surface area (Å²) in [7, 11) is 2.97. The fraction of sp³-hybridized carbons (Fsp3) is 0.286. The van der Waals surface area contributed by atoms with E-state index in [2.05, 4.69) is 10.6 Å². The Kier molecular flexibility index (Phi) is 6.17. The first kappa shape index (κ1) is 21.4. The number of anilines is 1. The van der Waals surface area contributed by atoms with E-state index in [4.69, 9.17) is 21.1 Å². The van der Waals surface area contributed by atoms with Gasteiger partial charge in [0.2, 0.25) is 5.91 Å². The molecule has 0 bridgehead atoms. The molecular formula is C21H22ClN3O5. The van der Waals surface area contributed by atoms with Gasteiger partial charge < -0.3 is 20.1 Å². The minimum absolute atomic E-state index is 0.305. The molecule has 2 aromatic carbocycles. The molecule has 158 valence electrons. The summed E-state index contributed by atoms with van der Waals surface area (Å²) in [5, 5.41) is 5.83. The number of carbonyl (C=O) groups excluding carboxylic acids is 3. The number of ether oxygens (including phenoxy) is 2. The zero-order chi connectivity index (χ0) is 21.9. The van der Waals surface area contributed by atoms with Gasteiger partial charge >= 0.3 is 6.03 Å². The highest BCUT2D eigenvalue weighted by Gasteiger charge is 2.51. The molecule has 8 nitrogen and oxygen atoms in total. The lowest BCUT2D eigenvalue weighted by atomic mass is 9.87. The minimum atomic E-state index is -1.27. The van der Waals surface area contributed by atoms with E-state index in [0.29, 0.717) is 34.2 Å². The fourth-order valence-electron chi connectivity index (χ4n) is 3.41. The summed E-state index contributed by atoms with van der Waals surface area (Å²) in [6, 6.07) is 11.0. The Labute approximate surface area is 179 Å². The first-order valence-corrected chi connectivity index (χ1v) is 9.64. The van der Waals surface area contributed by atoms with E-state index < -0.39 is 29.9 Å². The average Bonchev–Trinajstić information content (AvgIpc) is 2.98. The molecule has 1 heterocycles. The summed E-state index contributed by atoms with van der Waals surface area (Å²) < 4.78 is 10.4. The van der Waals surface area contributed by atoms with Gasteiger partial charge in [-0.1, -0.05) is 30.7 Å². The van der Waals surface area contributed by atoms with Gasteiger partial charge in [-0.15, -0.1) is 0 Å². The number of hydrogen-bond donors (Lipinski definition) is 2. The molecule has 1 fully saturated rings. The number of urea groups is 1. The van der Waals surface area contributed by atoms with Crippen molar-refractivity contribution in [3.8, 4) is 11.5 Å². The summed E-state index contributed by atoms with van der Waals surface area (Å²) in [5.74, 6) is -0.122. The predicted octanol–water partition coefficient (Wildman–Crippen LogP) is 3.15. The molecule has 1 aliphatic rings. The molecule has 30 heavy (non-hydrogen) atoms. The molecule has 1 unspecified atom stereocenters. The zero-order valence-corrected chi connectivity index (χ0v) is 17.6. The Morgan fingerprint density at radius 3 is 2.57 bits per heavy atom. The number of nitrogens with zero attached hydrogens (tertiary/aromatic N) is 1. The van der Waals surface area contributed by atoms with Crippen LogP contribution in [0.15, 0.2) is 42.5 Å². The molecular weight excluding hydrogens is 410 g/mol. The van der Waals surface area contributed by atoms with Crippen LogP contribution in [0.2, 0.25) is 5.02 Å². The van der Waals surface area contributed by atoms with Crippen LogP contribution in [0.1, 0.15) is 18.9 Å². The molecule has 4 amide bonds. The van der Waals surface area contributed by atoms with Gasteiger partial charge in [-0.2, -0.15) is 0 Å². The maximum absolute atomic E-state index is 13.2. The number of rotatable bonds is 7. The van der Waals surface area contributed by atoms with Gasteiger partial charge in [0.25, 0.3) is 5.91 Å². The minimum Gasteiger partial charge on any atom is -0.497 e. The van der Waals surface area contributed by atoms with Crippen LogP contribution in [0.3, 0.4) is 0 Å². The van der Waals surface area contributed by atoms with Crippen LogP contribution in [0, 0.1) is 0 Å². The van der Waals surface area contributed by atoms with Gasteiger partial charge in [0.15, 0.2) is 0 Å². The van der Waals surface area contributed by atoms with E-state index >= 15 is 0 Å². The van der Waals surface area contributed by atoms with E-state index in [1.165, 1.54) is 14.2 Å². The lowest BCUT2D eigenvalue weighted by Gasteiger charge is -2.26. The van der Waals surface area contributed by atoms with Crippen molar-refractivity contribution in [3.05, 3.63) is 53.1 Å². The zero-order valence-electron chi connectivity index (χ0n) is 16.8. The standard InChI is InChI=1S/C21H22ClN3O5/c1-4-21(13-6-5-7-14(22)10-13)19(27)25(20(28)24-21)12-18(26)23-16-11-15(29-2)8-9-17(16)30-3/h5-11H,4,12H2,1-3H3,(H,23,26)(H,24,28). The van der Waals surface area contributed by atoms with Gasteiger partial charge in [-0.25, -0.2) is 4.79 Å². The van der Waals surface area contributed by atoms with Crippen LogP contribution in [-0.2, 0) is 15.1 Å². The molecule has 0 spiro atoms. The first-order chi connectivity index (χ1) is 14.3. The molecule has 0 aromatic heterocycles. The average molecular weight is 432 g/mol. The van der Waals surface area contributed by atoms with Gasteiger partial charge in [0, 0.05) is 11.1 Å². The normalized spacial score (nSPS) is 18.2. The fourth-order valence-corrected chi connectivity index (χ4v) is 3.60. The summed E-state index contributed by atoms with van der Waals surface area (Å²) in [6.45, 7) is 1.33. The highest BCUT2D eigenvalue weighted by molar-refractivity contribution is 6.30. The van der Waals surface area contributed by atoms with Gasteiger partial charge in [-0.3, -0.25) is 14.5 Å². The third kappa shape index (κ3) is 3.91. The molecule has 0 radical (unpaired) electrons. The summed E-state index contributed by atoms with van der Waals surface area (Å²) >= 11 is 6.07. The lowest BCUT2D eigenvalue weighted by molar-refractivity contribution is -0.134. The number of halogens is 1. The van der Waals surface area contributed by atoms with Gasteiger partial charge in [0.05, 0.1) is 19.9 Å². The molecule has 1 aliphatic heterocycles. The third-order valence-electron chi connectivity index (χ3n) is 5.01. The molecule has 0 saturated carbocycles. The van der Waals surface area contributed by atoms with Crippen molar-refractivity contribution < 1.29 is 23.9 Å². The van der Waals surface area contributed by atoms with Gasteiger partial charge in [0.1, 0.15) is 23.6 Å². The molecule has 0 aliphatic carbocycles. The molecule has 3 rings (SSSR count). The second kappa shape index (κ2) is 8.62. The van der Waals surface area contributed by atoms with Crippen molar-refractivity contribution in [2.24, 2.45) is 0 Å². The predicted molar refractivity (Wildman–Crippen MR) is 112 cm³/mol. The number of hydrogen-bond acceptors (Lipinski definition) is 5. The van der Waals surface area contributed by atoms with Crippen molar-refractivity contribution in [1.82, 2.24) is 10.2 Å². The van der Waals surface area contributed by atoms with Crippen molar-refractivity contribution in [1.29, 1.82) is 0 Å². The summed E-state index contributed by atoms with van der Waals surface area (Å²) in [6.07, 6.45) is 0.305. The Morgan fingerprint density at radius 1 is 1.17 bits per heavy atom. The monoisotopic (exact) mass is 431 g/mol. The number of benzene rings is 2. The maximum Gasteiger partial charge on any atom is 0.325 e. The van der Waals surface area contributed by atoms with E-state index in [1.807, 2.05) is 0 Å². The Morgan fingerprint density at radius 2 is 1.93 bits per heavy atom. The number of carbonyl (C=O) groups is 3. The smallest absolute Gasteiger partial charge is 0.325 e. The second-order valence-electron chi connectivity index (χ2n) is 6.71. The lowest BCUT2D eigenvalue weighted by Crippen LogP contribution is -2.44. The summed E-state index contributed by atoms with van der Waals surface area (Å²) in [4.78, 5) is 39.2. The topological polar surface area (TPSA) is 97.0 Å². The molecule has 2 N–H and O–H groups in total. The van der Waals surface area contributed by atoms with Gasteiger partial charge in [-0.05, 0) is 36.2 Å². The molecule has 1 saturated heterocycles. The quantitative estimate of drug-likeness (QED) is 0.656. The number of imide groups is 1. The maximum atomic E-state index is 13.2. The number of nitrogens with one attached hydrogen (secondary N) is 2. The van der Waals surface area contributed by atoms with Crippen molar-refractivity contribution in [2.75, 3.05) is 26.1 Å². The van der Waals surface area contributed by atoms with Crippen molar-refractivity contribution in [3.63, 3.8) is 0 Å². The summed E-state index contributed by atoms with van der Waals surface area (Å²) in [5.41, 5.74) is -0.339. The van der Waals surface area contributed by atoms with Crippen LogP contribution in [0.5, 0.6) is 11.5 Å². The molecule has 2 aromatic rings. The van der Waals surface area contributed by atoms with Crippen molar-refractivity contribution >= 4 is 35.1 Å². The number of methoxy groups -OCH3 is 2. The van der Waals surface area contributed by atoms with E-state index in [9.17, 15) is 14.4 Å². The molecule has 9 heteroatoms. The first-order valence-electron chi connectivity index (χ1n) is 9.26. The Bertz CT molecular complexity index is 996. The van der Waals surface area contributed by atoms with Crippen molar-refractivity contribution in [2.45, 2.75) is 18.9 Å². The van der Waals surface area contributed by atoms with Crippen LogP contribution in [0.25, 0.3) is 0 Å².